The summed E-state index contributed by atoms with van der Waals surface area (Å²) in [6.45, 7) is 8.87. The maximum atomic E-state index is 5.50. The standard InChI is InChI=1S/C10H22OS2/c1-5-7-9(3)12-11-13-10(4)8-6-2/h9-10H,5-8H2,1-4H3. The molecule has 3 heteroatoms. The molecule has 0 amide bonds. The monoisotopic (exact) mass is 222 g/mol. The van der Waals surface area contributed by atoms with Gasteiger partial charge in [-0.25, -0.2) is 3.63 Å². The van der Waals surface area contributed by atoms with E-state index < -0.39 is 0 Å². The van der Waals surface area contributed by atoms with Crippen LogP contribution in [-0.2, 0) is 3.63 Å². The predicted octanol–water partition coefficient (Wildman–Crippen LogP) is 4.68. The zero-order valence-corrected chi connectivity index (χ0v) is 10.8. The highest BCUT2D eigenvalue weighted by molar-refractivity contribution is 8.08. The maximum Gasteiger partial charge on any atom is 0.0295 e. The lowest BCUT2D eigenvalue weighted by molar-refractivity contribution is 0.685. The molecule has 80 valence electrons. The van der Waals surface area contributed by atoms with Gasteiger partial charge in [-0.3, -0.25) is 0 Å². The Hall–Kier alpha value is 0.660. The van der Waals surface area contributed by atoms with Crippen molar-refractivity contribution in [3.63, 3.8) is 0 Å². The van der Waals surface area contributed by atoms with E-state index in [1.54, 1.807) is 24.1 Å². The van der Waals surface area contributed by atoms with E-state index in [-0.39, 0.29) is 0 Å². The Bertz CT molecular complexity index is 97.1. The van der Waals surface area contributed by atoms with Gasteiger partial charge in [0.1, 0.15) is 0 Å². The average molecular weight is 222 g/mol. The van der Waals surface area contributed by atoms with Gasteiger partial charge in [0.05, 0.1) is 0 Å². The molecule has 0 aliphatic carbocycles. The molecule has 0 spiro atoms. The van der Waals surface area contributed by atoms with Gasteiger partial charge >= 0.3 is 0 Å². The summed E-state index contributed by atoms with van der Waals surface area (Å²) in [7, 11) is 0. The molecule has 0 radical (unpaired) electrons. The fraction of sp³-hybridized carbons (Fsp3) is 1.00. The van der Waals surface area contributed by atoms with E-state index in [1.165, 1.54) is 25.7 Å². The van der Waals surface area contributed by atoms with Crippen molar-refractivity contribution in [2.24, 2.45) is 0 Å². The molecule has 2 atom stereocenters. The van der Waals surface area contributed by atoms with Crippen molar-refractivity contribution in [2.45, 2.75) is 63.9 Å². The highest BCUT2D eigenvalue weighted by Gasteiger charge is 2.05. The van der Waals surface area contributed by atoms with Crippen LogP contribution < -0.4 is 0 Å². The van der Waals surface area contributed by atoms with Gasteiger partial charge in [-0.15, -0.1) is 0 Å². The van der Waals surface area contributed by atoms with E-state index in [1.807, 2.05) is 0 Å². The van der Waals surface area contributed by atoms with Crippen molar-refractivity contribution in [1.29, 1.82) is 0 Å². The first-order valence-electron chi connectivity index (χ1n) is 5.19. The average Bonchev–Trinajstić information content (AvgIpc) is 2.05. The SMILES string of the molecule is CCCC(C)SOSC(C)CCC. The largest absolute Gasteiger partial charge is 0.247 e. The quantitative estimate of drug-likeness (QED) is 0.552. The first kappa shape index (κ1) is 13.7. The van der Waals surface area contributed by atoms with Crippen LogP contribution in [0.15, 0.2) is 0 Å². The van der Waals surface area contributed by atoms with Gasteiger partial charge in [-0.2, -0.15) is 0 Å². The van der Waals surface area contributed by atoms with E-state index in [2.05, 4.69) is 27.7 Å². The Kier molecular flexibility index (Phi) is 9.69. The van der Waals surface area contributed by atoms with Crippen molar-refractivity contribution < 1.29 is 3.63 Å². The molecule has 0 rings (SSSR count). The number of hydrogen-bond acceptors (Lipinski definition) is 3. The van der Waals surface area contributed by atoms with Gasteiger partial charge in [-0.05, 0) is 12.8 Å². The summed E-state index contributed by atoms with van der Waals surface area (Å²) in [5.74, 6) is 0. The Morgan fingerprint density at radius 3 is 1.62 bits per heavy atom. The zero-order valence-electron chi connectivity index (χ0n) is 9.21. The lowest BCUT2D eigenvalue weighted by Crippen LogP contribution is -1.97. The Morgan fingerprint density at radius 2 is 1.31 bits per heavy atom. The molecule has 0 aromatic carbocycles. The molecule has 0 saturated carbocycles. The molecule has 0 aliphatic heterocycles. The minimum Gasteiger partial charge on any atom is -0.247 e. The van der Waals surface area contributed by atoms with Crippen molar-refractivity contribution >= 4 is 24.1 Å². The fourth-order valence-electron chi connectivity index (χ4n) is 1.07. The van der Waals surface area contributed by atoms with Crippen LogP contribution in [-0.4, -0.2) is 10.5 Å². The molecule has 0 bridgehead atoms. The van der Waals surface area contributed by atoms with Crippen LogP contribution in [0.1, 0.15) is 53.4 Å². The molecule has 0 aromatic heterocycles. The third-order valence-electron chi connectivity index (χ3n) is 1.80. The van der Waals surface area contributed by atoms with Gasteiger partial charge in [0.15, 0.2) is 0 Å². The van der Waals surface area contributed by atoms with Crippen LogP contribution in [0.5, 0.6) is 0 Å². The Balaban J connectivity index is 3.23. The molecule has 2 unspecified atom stereocenters. The minimum atomic E-state index is 0.631. The summed E-state index contributed by atoms with van der Waals surface area (Å²) in [6, 6.07) is 0. The summed E-state index contributed by atoms with van der Waals surface area (Å²) in [5.41, 5.74) is 0. The van der Waals surface area contributed by atoms with Crippen LogP contribution in [0.2, 0.25) is 0 Å². The second-order valence-corrected chi connectivity index (χ2v) is 6.00. The molecule has 0 fully saturated rings. The molecule has 0 heterocycles. The topological polar surface area (TPSA) is 9.23 Å². The third-order valence-corrected chi connectivity index (χ3v) is 3.55. The van der Waals surface area contributed by atoms with Crippen LogP contribution in [0.4, 0.5) is 0 Å². The minimum absolute atomic E-state index is 0.631. The smallest absolute Gasteiger partial charge is 0.0295 e. The Labute approximate surface area is 91.8 Å². The van der Waals surface area contributed by atoms with E-state index in [0.29, 0.717) is 10.5 Å². The van der Waals surface area contributed by atoms with Crippen LogP contribution in [0.3, 0.4) is 0 Å². The maximum absolute atomic E-state index is 5.50. The second kappa shape index (κ2) is 9.22. The van der Waals surface area contributed by atoms with Crippen LogP contribution >= 0.6 is 24.1 Å². The number of hydrogen-bond donors (Lipinski definition) is 0. The van der Waals surface area contributed by atoms with Crippen molar-refractivity contribution in [1.82, 2.24) is 0 Å². The lowest BCUT2D eigenvalue weighted by atomic mass is 10.3. The molecule has 0 aromatic rings. The third kappa shape index (κ3) is 8.98. The molecule has 0 N–H and O–H groups in total. The number of rotatable bonds is 8. The molecular formula is C10H22OS2. The molecule has 1 nitrogen and oxygen atoms in total. The summed E-state index contributed by atoms with van der Waals surface area (Å²) < 4.78 is 5.50. The van der Waals surface area contributed by atoms with Gasteiger partial charge < -0.3 is 0 Å². The van der Waals surface area contributed by atoms with E-state index in [9.17, 15) is 0 Å². The van der Waals surface area contributed by atoms with E-state index >= 15 is 0 Å². The van der Waals surface area contributed by atoms with Gasteiger partial charge in [-0.1, -0.05) is 40.5 Å². The normalized spacial score (nSPS) is 15.7. The summed E-state index contributed by atoms with van der Waals surface area (Å²) in [5, 5.41) is 1.26. The van der Waals surface area contributed by atoms with Gasteiger partial charge in [0.25, 0.3) is 0 Å². The lowest BCUT2D eigenvalue weighted by Gasteiger charge is -2.11. The fourth-order valence-corrected chi connectivity index (χ4v) is 2.98. The van der Waals surface area contributed by atoms with Gasteiger partial charge in [0.2, 0.25) is 0 Å². The van der Waals surface area contributed by atoms with Crippen molar-refractivity contribution in [3.05, 3.63) is 0 Å². The van der Waals surface area contributed by atoms with E-state index in [4.69, 9.17) is 3.63 Å². The summed E-state index contributed by atoms with van der Waals surface area (Å²) >= 11 is 3.24. The van der Waals surface area contributed by atoms with E-state index in [0.717, 1.165) is 0 Å². The summed E-state index contributed by atoms with van der Waals surface area (Å²) in [6.07, 6.45) is 4.97. The summed E-state index contributed by atoms with van der Waals surface area (Å²) in [4.78, 5) is 0. The first-order chi connectivity index (χ1) is 6.20. The molecule has 0 saturated heterocycles. The highest BCUT2D eigenvalue weighted by Crippen LogP contribution is 2.27. The second-order valence-electron chi connectivity index (χ2n) is 3.46. The Morgan fingerprint density at radius 1 is 0.923 bits per heavy atom. The van der Waals surface area contributed by atoms with Crippen LogP contribution in [0, 0.1) is 0 Å². The molecule has 0 aliphatic rings. The predicted molar refractivity (Wildman–Crippen MR) is 65.0 cm³/mol. The van der Waals surface area contributed by atoms with Crippen molar-refractivity contribution in [3.8, 4) is 0 Å². The molecule has 13 heavy (non-hydrogen) atoms. The molecular weight excluding hydrogens is 200 g/mol. The zero-order chi connectivity index (χ0) is 10.1. The van der Waals surface area contributed by atoms with Crippen LogP contribution in [0.25, 0.3) is 0 Å². The van der Waals surface area contributed by atoms with Gasteiger partial charge in [0, 0.05) is 34.6 Å². The highest BCUT2D eigenvalue weighted by atomic mass is 32.2. The van der Waals surface area contributed by atoms with Crippen molar-refractivity contribution in [2.75, 3.05) is 0 Å². The first-order valence-corrected chi connectivity index (χ1v) is 6.80.